The van der Waals surface area contributed by atoms with Crippen LogP contribution >= 0.6 is 0 Å². The number of guanidine groups is 1. The Kier molecular flexibility index (Phi) is 13.0. The van der Waals surface area contributed by atoms with E-state index in [1.54, 1.807) is 0 Å². The third-order valence-corrected chi connectivity index (χ3v) is 5.11. The molecule has 1 aromatic rings. The number of aliphatic hydroxyl groups excluding tert-OH is 1. The van der Waals surface area contributed by atoms with Gasteiger partial charge >= 0.3 is 11.9 Å². The lowest BCUT2D eigenvalue weighted by Gasteiger charge is -2.24. The van der Waals surface area contributed by atoms with Gasteiger partial charge in [0.15, 0.2) is 5.96 Å². The van der Waals surface area contributed by atoms with Crippen molar-refractivity contribution in [1.29, 1.82) is 0 Å². The molecular weight excluding hydrogens is 506 g/mol. The second-order valence-electron chi connectivity index (χ2n) is 8.23. The van der Waals surface area contributed by atoms with Gasteiger partial charge in [-0.3, -0.25) is 24.2 Å². The van der Waals surface area contributed by atoms with E-state index in [1.165, 1.54) is 24.3 Å². The van der Waals surface area contributed by atoms with Crippen LogP contribution in [0.3, 0.4) is 0 Å². The number of hydrogen-bond acceptors (Lipinski definition) is 9. The third kappa shape index (κ3) is 11.5. The van der Waals surface area contributed by atoms with Crippen LogP contribution < -0.4 is 33.2 Å². The first-order valence-electron chi connectivity index (χ1n) is 11.4. The van der Waals surface area contributed by atoms with Crippen molar-refractivity contribution in [2.75, 3.05) is 13.2 Å². The van der Waals surface area contributed by atoms with Crippen LogP contribution in [0.5, 0.6) is 5.75 Å². The van der Waals surface area contributed by atoms with Gasteiger partial charge in [0.25, 0.3) is 0 Å². The molecule has 0 aliphatic heterocycles. The summed E-state index contributed by atoms with van der Waals surface area (Å²) in [7, 11) is 0. The number of nitrogens with two attached hydrogens (primary N) is 3. The number of phenolic OH excluding ortho intramolecular Hbond substituents is 1. The number of hydrogen-bond donors (Lipinski definition) is 10. The Labute approximate surface area is 217 Å². The Bertz CT molecular complexity index is 1010. The molecule has 0 saturated carbocycles. The highest BCUT2D eigenvalue weighted by Crippen LogP contribution is 2.12. The molecule has 0 heterocycles. The smallest absolute Gasteiger partial charge is 0.326 e. The number of amides is 3. The van der Waals surface area contributed by atoms with Gasteiger partial charge in [0.1, 0.15) is 29.9 Å². The van der Waals surface area contributed by atoms with E-state index in [0.29, 0.717) is 5.56 Å². The lowest BCUT2D eigenvalue weighted by atomic mass is 10.0. The molecule has 4 atom stereocenters. The summed E-state index contributed by atoms with van der Waals surface area (Å²) in [6.45, 7) is -0.652. The Balaban J connectivity index is 3.13. The van der Waals surface area contributed by atoms with Gasteiger partial charge in [-0.1, -0.05) is 12.1 Å². The van der Waals surface area contributed by atoms with Gasteiger partial charge in [-0.05, 0) is 30.5 Å². The number of carbonyl (C=O) groups is 5. The molecule has 0 fully saturated rings. The summed E-state index contributed by atoms with van der Waals surface area (Å²) in [4.78, 5) is 64.7. The van der Waals surface area contributed by atoms with Crippen LogP contribution in [0.25, 0.3) is 0 Å². The van der Waals surface area contributed by atoms with E-state index in [0.717, 1.165) is 0 Å². The van der Waals surface area contributed by atoms with E-state index in [1.807, 2.05) is 0 Å². The number of nitrogens with one attached hydrogen (secondary N) is 3. The number of carbonyl (C=O) groups excluding carboxylic acids is 3. The number of rotatable bonds is 16. The van der Waals surface area contributed by atoms with Crippen molar-refractivity contribution in [1.82, 2.24) is 16.0 Å². The topological polar surface area (TPSA) is 293 Å². The molecule has 1 aromatic carbocycles. The van der Waals surface area contributed by atoms with Crippen LogP contribution in [0.15, 0.2) is 29.3 Å². The van der Waals surface area contributed by atoms with Gasteiger partial charge in [0.2, 0.25) is 17.7 Å². The van der Waals surface area contributed by atoms with Crippen LogP contribution in [0.4, 0.5) is 0 Å². The average molecular weight is 540 g/mol. The molecule has 16 nitrogen and oxygen atoms in total. The third-order valence-electron chi connectivity index (χ3n) is 5.11. The van der Waals surface area contributed by atoms with Crippen LogP contribution in [0.2, 0.25) is 0 Å². The second-order valence-corrected chi connectivity index (χ2v) is 8.23. The number of nitrogens with zero attached hydrogens (tertiary/aromatic N) is 1. The van der Waals surface area contributed by atoms with Crippen LogP contribution in [0, 0.1) is 0 Å². The first-order chi connectivity index (χ1) is 17.8. The van der Waals surface area contributed by atoms with Crippen molar-refractivity contribution in [2.24, 2.45) is 22.2 Å². The Morgan fingerprint density at radius 2 is 1.42 bits per heavy atom. The Morgan fingerprint density at radius 1 is 0.868 bits per heavy atom. The largest absolute Gasteiger partial charge is 0.508 e. The fourth-order valence-electron chi connectivity index (χ4n) is 3.13. The average Bonchev–Trinajstić information content (AvgIpc) is 2.84. The highest BCUT2D eigenvalue weighted by Gasteiger charge is 2.31. The molecule has 0 spiro atoms. The maximum Gasteiger partial charge on any atom is 0.326 e. The zero-order valence-corrected chi connectivity index (χ0v) is 20.4. The minimum atomic E-state index is -1.66. The molecular formula is C22H33N7O9. The van der Waals surface area contributed by atoms with Crippen molar-refractivity contribution >= 4 is 35.6 Å². The maximum atomic E-state index is 13.1. The summed E-state index contributed by atoms with van der Waals surface area (Å²) >= 11 is 0. The van der Waals surface area contributed by atoms with Gasteiger partial charge < -0.3 is 53.6 Å². The minimum absolute atomic E-state index is 0.0471. The summed E-state index contributed by atoms with van der Waals surface area (Å²) in [5.74, 6) is -6.02. The number of carboxylic acids is 2. The quantitative estimate of drug-likeness (QED) is 0.0552. The molecule has 0 saturated heterocycles. The highest BCUT2D eigenvalue weighted by atomic mass is 16.4. The Morgan fingerprint density at radius 3 is 1.95 bits per heavy atom. The van der Waals surface area contributed by atoms with E-state index in [2.05, 4.69) is 20.9 Å². The molecule has 0 aliphatic carbocycles. The fourth-order valence-corrected chi connectivity index (χ4v) is 3.13. The summed E-state index contributed by atoms with van der Waals surface area (Å²) in [6, 6.07) is -0.281. The number of aliphatic carboxylic acids is 2. The summed E-state index contributed by atoms with van der Waals surface area (Å²) in [5.41, 5.74) is 16.3. The van der Waals surface area contributed by atoms with Crippen molar-refractivity contribution in [3.63, 3.8) is 0 Å². The number of aromatic hydroxyl groups is 1. The van der Waals surface area contributed by atoms with Crippen LogP contribution in [0.1, 0.15) is 24.8 Å². The molecule has 38 heavy (non-hydrogen) atoms. The van der Waals surface area contributed by atoms with Crippen molar-refractivity contribution in [3.8, 4) is 5.75 Å². The number of benzene rings is 1. The summed E-state index contributed by atoms with van der Waals surface area (Å²) in [6.07, 6.45) is -0.885. The molecule has 0 aromatic heterocycles. The predicted molar refractivity (Wildman–Crippen MR) is 132 cm³/mol. The SMILES string of the molecule is NC(N)=NCCCC(NC(=O)C(Cc1ccc(O)cc1)NC(=O)C(CC(=O)O)NC(=O)C(N)CO)C(=O)O. The molecule has 3 amide bonds. The molecule has 13 N–H and O–H groups in total. The highest BCUT2D eigenvalue weighted by molar-refractivity contribution is 5.95. The van der Waals surface area contributed by atoms with E-state index in [9.17, 15) is 34.2 Å². The molecule has 0 radical (unpaired) electrons. The first kappa shape index (κ1) is 31.6. The zero-order valence-electron chi connectivity index (χ0n) is 20.4. The number of aliphatic hydroxyl groups is 1. The number of aliphatic imine (C=N–C) groups is 1. The number of phenols is 1. The van der Waals surface area contributed by atoms with Gasteiger partial charge in [0.05, 0.1) is 13.0 Å². The standard InChI is InChI=1S/C22H33N7O9/c23-13(10-30)18(34)28-16(9-17(32)33)20(36)29-15(8-11-3-5-12(31)6-4-11)19(35)27-14(21(37)38)2-1-7-26-22(24)25/h3-6,13-16,30-31H,1-2,7-10,23H2,(H,27,35)(H,28,34)(H,29,36)(H,32,33)(H,37,38)(H4,24,25,26). The lowest BCUT2D eigenvalue weighted by molar-refractivity contribution is -0.143. The van der Waals surface area contributed by atoms with Crippen molar-refractivity contribution < 1.29 is 44.4 Å². The molecule has 16 heteroatoms. The summed E-state index contributed by atoms with van der Waals surface area (Å²) < 4.78 is 0. The van der Waals surface area contributed by atoms with Crippen molar-refractivity contribution in [3.05, 3.63) is 29.8 Å². The fraction of sp³-hybridized carbons (Fsp3) is 0.455. The number of carboxylic acid groups (broad SMARTS) is 2. The van der Waals surface area contributed by atoms with E-state index < -0.39 is 66.9 Å². The molecule has 1 rings (SSSR count). The Hall–Kier alpha value is -4.44. The summed E-state index contributed by atoms with van der Waals surface area (Å²) in [5, 5.41) is 44.0. The first-order valence-corrected chi connectivity index (χ1v) is 11.4. The zero-order chi connectivity index (χ0) is 28.8. The molecule has 0 aliphatic rings. The minimum Gasteiger partial charge on any atom is -0.508 e. The van der Waals surface area contributed by atoms with Gasteiger partial charge in [-0.2, -0.15) is 0 Å². The van der Waals surface area contributed by atoms with Crippen molar-refractivity contribution in [2.45, 2.75) is 49.9 Å². The maximum absolute atomic E-state index is 13.1. The van der Waals surface area contributed by atoms with Gasteiger partial charge in [0, 0.05) is 13.0 Å². The lowest BCUT2D eigenvalue weighted by Crippen LogP contribution is -2.58. The molecule has 0 bridgehead atoms. The monoisotopic (exact) mass is 539 g/mol. The van der Waals surface area contributed by atoms with Gasteiger partial charge in [-0.15, -0.1) is 0 Å². The van der Waals surface area contributed by atoms with Crippen LogP contribution in [-0.4, -0.2) is 93.4 Å². The molecule has 4 unspecified atom stereocenters. The van der Waals surface area contributed by atoms with E-state index in [4.69, 9.17) is 27.4 Å². The molecule has 210 valence electrons. The van der Waals surface area contributed by atoms with Crippen LogP contribution in [-0.2, 0) is 30.4 Å². The van der Waals surface area contributed by atoms with E-state index in [-0.39, 0.29) is 37.5 Å². The van der Waals surface area contributed by atoms with Gasteiger partial charge in [-0.25, -0.2) is 4.79 Å². The normalized spacial score (nSPS) is 13.7. The second kappa shape index (κ2) is 15.6. The van der Waals surface area contributed by atoms with E-state index >= 15 is 0 Å². The predicted octanol–water partition coefficient (Wildman–Crippen LogP) is -3.68.